The number of carbonyl (C=O) groups excluding carboxylic acids is 1. The Balaban J connectivity index is 2.19. The quantitative estimate of drug-likeness (QED) is 0.777. The van der Waals surface area contributed by atoms with Crippen LogP contribution in [0.3, 0.4) is 0 Å². The van der Waals surface area contributed by atoms with Crippen LogP contribution >= 0.6 is 0 Å². The van der Waals surface area contributed by atoms with Crippen molar-refractivity contribution >= 4 is 6.16 Å². The van der Waals surface area contributed by atoms with Gasteiger partial charge >= 0.3 is 6.16 Å². The molecule has 4 heteroatoms. The Morgan fingerprint density at radius 1 is 1.15 bits per heavy atom. The first-order chi connectivity index (χ1) is 9.20. The summed E-state index contributed by atoms with van der Waals surface area (Å²) in [4.78, 5) is 23.5. The highest BCUT2D eigenvalue weighted by Crippen LogP contribution is 2.47. The minimum Gasteiger partial charge on any atom is -0.428 e. The van der Waals surface area contributed by atoms with Crippen LogP contribution in [0.5, 0.6) is 5.75 Å². The molecule has 0 aromatic heterocycles. The second-order valence-corrected chi connectivity index (χ2v) is 6.48. The highest BCUT2D eigenvalue weighted by Gasteiger charge is 2.38. The van der Waals surface area contributed by atoms with E-state index >= 15 is 0 Å². The van der Waals surface area contributed by atoms with Crippen molar-refractivity contribution < 1.29 is 14.3 Å². The minimum absolute atomic E-state index is 0.00486. The molecule has 1 saturated carbocycles. The van der Waals surface area contributed by atoms with Gasteiger partial charge in [0.25, 0.3) is 0 Å². The molecule has 0 unspecified atom stereocenters. The van der Waals surface area contributed by atoms with Gasteiger partial charge in [-0.15, -0.1) is 0 Å². The van der Waals surface area contributed by atoms with Crippen molar-refractivity contribution in [3.8, 4) is 5.75 Å². The molecule has 1 aliphatic rings. The van der Waals surface area contributed by atoms with E-state index in [2.05, 4.69) is 6.92 Å². The third kappa shape index (κ3) is 3.59. The third-order valence-electron chi connectivity index (χ3n) is 3.35. The van der Waals surface area contributed by atoms with E-state index in [9.17, 15) is 9.59 Å². The van der Waals surface area contributed by atoms with E-state index in [1.807, 2.05) is 6.07 Å². The van der Waals surface area contributed by atoms with E-state index in [0.717, 1.165) is 18.4 Å². The van der Waals surface area contributed by atoms with Crippen molar-refractivity contribution in [1.29, 1.82) is 0 Å². The van der Waals surface area contributed by atoms with Gasteiger partial charge in [-0.05, 0) is 56.7 Å². The van der Waals surface area contributed by atoms with E-state index in [4.69, 9.17) is 9.47 Å². The lowest BCUT2D eigenvalue weighted by Gasteiger charge is -2.18. The molecule has 4 nitrogen and oxygen atoms in total. The Kier molecular flexibility index (Phi) is 3.59. The molecule has 1 fully saturated rings. The molecule has 1 aromatic rings. The summed E-state index contributed by atoms with van der Waals surface area (Å²) in [6.07, 6.45) is 1.38. The molecule has 0 atom stereocenters. The zero-order valence-corrected chi connectivity index (χ0v) is 12.4. The number of rotatable bonds is 2. The maximum absolute atomic E-state index is 11.9. The molecule has 1 aromatic carbocycles. The van der Waals surface area contributed by atoms with Gasteiger partial charge in [-0.25, -0.2) is 4.79 Å². The second-order valence-electron chi connectivity index (χ2n) is 6.48. The first-order valence-electron chi connectivity index (χ1n) is 6.75. The average Bonchev–Trinajstić information content (AvgIpc) is 3.04. The molecule has 1 aliphatic carbocycles. The predicted molar refractivity (Wildman–Crippen MR) is 76.2 cm³/mol. The molecule has 0 bridgehead atoms. The highest BCUT2D eigenvalue weighted by atomic mass is 16.7. The maximum Gasteiger partial charge on any atom is 0.514 e. The zero-order valence-electron chi connectivity index (χ0n) is 12.4. The molecule has 108 valence electrons. The SMILES string of the molecule is CC(C)(C)OC(=O)Oc1ccc(C2(C)CC2)ccc1=O. The number of hydrogen-bond donors (Lipinski definition) is 0. The summed E-state index contributed by atoms with van der Waals surface area (Å²) in [5.74, 6) is -0.00486. The van der Waals surface area contributed by atoms with Gasteiger partial charge < -0.3 is 9.47 Å². The number of carbonyl (C=O) groups is 1. The fourth-order valence-corrected chi connectivity index (χ4v) is 1.87. The van der Waals surface area contributed by atoms with Crippen molar-refractivity contribution in [2.75, 3.05) is 0 Å². The van der Waals surface area contributed by atoms with Crippen molar-refractivity contribution in [3.05, 3.63) is 40.1 Å². The van der Waals surface area contributed by atoms with Gasteiger partial charge in [0.1, 0.15) is 5.60 Å². The Morgan fingerprint density at radius 3 is 2.30 bits per heavy atom. The molecule has 0 amide bonds. The normalized spacial score (nSPS) is 16.4. The van der Waals surface area contributed by atoms with E-state index in [0.29, 0.717) is 0 Å². The minimum atomic E-state index is -0.861. The summed E-state index contributed by atoms with van der Waals surface area (Å²) in [5.41, 5.74) is 0.276. The summed E-state index contributed by atoms with van der Waals surface area (Å²) in [5, 5.41) is 0. The summed E-state index contributed by atoms with van der Waals surface area (Å²) in [6, 6.07) is 6.63. The second kappa shape index (κ2) is 4.93. The lowest BCUT2D eigenvalue weighted by Crippen LogP contribution is -2.26. The van der Waals surface area contributed by atoms with Crippen LogP contribution in [0.1, 0.15) is 46.1 Å². The van der Waals surface area contributed by atoms with Crippen LogP contribution in [0, 0.1) is 0 Å². The van der Waals surface area contributed by atoms with Gasteiger partial charge in [-0.1, -0.05) is 19.1 Å². The molecule has 0 aliphatic heterocycles. The Bertz CT molecular complexity index is 580. The Hall–Kier alpha value is -1.84. The van der Waals surface area contributed by atoms with E-state index < -0.39 is 11.8 Å². The summed E-state index contributed by atoms with van der Waals surface area (Å²) in [7, 11) is 0. The van der Waals surface area contributed by atoms with Gasteiger partial charge in [-0.3, -0.25) is 4.79 Å². The first kappa shape index (κ1) is 14.6. The van der Waals surface area contributed by atoms with Crippen molar-refractivity contribution in [2.24, 2.45) is 0 Å². The predicted octanol–water partition coefficient (Wildman–Crippen LogP) is 3.41. The monoisotopic (exact) mass is 276 g/mol. The van der Waals surface area contributed by atoms with Gasteiger partial charge in [0.15, 0.2) is 5.75 Å². The van der Waals surface area contributed by atoms with Crippen LogP contribution in [-0.4, -0.2) is 11.8 Å². The standard InChI is InChI=1S/C16H20O4/c1-15(2,3)20-14(18)19-13-8-6-11(5-7-12(13)17)16(4)9-10-16/h5-8H,9-10H2,1-4H3. The van der Waals surface area contributed by atoms with E-state index in [-0.39, 0.29) is 16.6 Å². The van der Waals surface area contributed by atoms with Gasteiger partial charge in [0.2, 0.25) is 5.43 Å². The van der Waals surface area contributed by atoms with Crippen LogP contribution < -0.4 is 10.2 Å². The molecule has 0 heterocycles. The summed E-state index contributed by atoms with van der Waals surface area (Å²) >= 11 is 0. The van der Waals surface area contributed by atoms with Crippen LogP contribution in [0.25, 0.3) is 0 Å². The molecule has 0 N–H and O–H groups in total. The molecule has 20 heavy (non-hydrogen) atoms. The van der Waals surface area contributed by atoms with Gasteiger partial charge in [0, 0.05) is 0 Å². The van der Waals surface area contributed by atoms with Crippen LogP contribution in [0.2, 0.25) is 0 Å². The number of hydrogen-bond acceptors (Lipinski definition) is 4. The average molecular weight is 276 g/mol. The van der Waals surface area contributed by atoms with E-state index in [1.165, 1.54) is 6.07 Å². The fourth-order valence-electron chi connectivity index (χ4n) is 1.87. The van der Waals surface area contributed by atoms with Gasteiger partial charge in [-0.2, -0.15) is 0 Å². The molecule has 0 saturated heterocycles. The van der Waals surface area contributed by atoms with Crippen molar-refractivity contribution in [3.63, 3.8) is 0 Å². The van der Waals surface area contributed by atoms with Crippen LogP contribution in [0.4, 0.5) is 4.79 Å². The lowest BCUT2D eigenvalue weighted by atomic mass is 10.0. The summed E-state index contributed by atoms with van der Waals surface area (Å²) < 4.78 is 10.0. The largest absolute Gasteiger partial charge is 0.514 e. The molecular formula is C16H20O4. The Morgan fingerprint density at radius 2 is 1.75 bits per heavy atom. The molecular weight excluding hydrogens is 256 g/mol. The molecule has 0 spiro atoms. The maximum atomic E-state index is 11.9. The topological polar surface area (TPSA) is 52.6 Å². The fraction of sp³-hybridized carbons (Fsp3) is 0.500. The van der Waals surface area contributed by atoms with E-state index in [1.54, 1.807) is 32.9 Å². The van der Waals surface area contributed by atoms with Crippen LogP contribution in [0.15, 0.2) is 29.1 Å². The zero-order chi connectivity index (χ0) is 15.0. The van der Waals surface area contributed by atoms with Crippen LogP contribution in [-0.2, 0) is 10.2 Å². The number of ether oxygens (including phenoxy) is 2. The Labute approximate surface area is 118 Å². The summed E-state index contributed by atoms with van der Waals surface area (Å²) in [6.45, 7) is 7.37. The first-order valence-corrected chi connectivity index (χ1v) is 6.75. The highest BCUT2D eigenvalue weighted by molar-refractivity contribution is 5.64. The molecule has 0 radical (unpaired) electrons. The lowest BCUT2D eigenvalue weighted by molar-refractivity contribution is 0.0204. The third-order valence-corrected chi connectivity index (χ3v) is 3.35. The van der Waals surface area contributed by atoms with Gasteiger partial charge in [0.05, 0.1) is 0 Å². The van der Waals surface area contributed by atoms with Crippen molar-refractivity contribution in [2.45, 2.75) is 51.6 Å². The van der Waals surface area contributed by atoms with Crippen molar-refractivity contribution in [1.82, 2.24) is 0 Å². The molecule has 2 rings (SSSR count). The smallest absolute Gasteiger partial charge is 0.428 e.